The number of nitrogens with one attached hydrogen (secondary N) is 1. The van der Waals surface area contributed by atoms with Crippen LogP contribution >= 0.6 is 0 Å². The Morgan fingerprint density at radius 2 is 2.05 bits per heavy atom. The summed E-state index contributed by atoms with van der Waals surface area (Å²) in [6, 6.07) is 5.19. The van der Waals surface area contributed by atoms with Gasteiger partial charge in [-0.3, -0.25) is 4.79 Å². The molecule has 1 fully saturated rings. The number of aliphatic carboxylic acids is 1. The second kappa shape index (κ2) is 4.91. The SMILES string of the molecule is Cc1cc(C)c2cc(C(=O)N3CCC[C@H]3C(=O)O)[nH]c2c1. The monoisotopic (exact) mass is 286 g/mol. The molecule has 5 nitrogen and oxygen atoms in total. The maximum Gasteiger partial charge on any atom is 0.326 e. The number of carboxylic acids is 1. The van der Waals surface area contributed by atoms with Crippen LogP contribution in [0, 0.1) is 13.8 Å². The molecule has 0 unspecified atom stereocenters. The van der Waals surface area contributed by atoms with Crippen LogP contribution in [0.1, 0.15) is 34.5 Å². The summed E-state index contributed by atoms with van der Waals surface area (Å²) in [7, 11) is 0. The first-order chi connectivity index (χ1) is 9.97. The van der Waals surface area contributed by atoms with Crippen LogP contribution in [-0.2, 0) is 4.79 Å². The van der Waals surface area contributed by atoms with Crippen molar-refractivity contribution in [1.29, 1.82) is 0 Å². The van der Waals surface area contributed by atoms with Gasteiger partial charge in [-0.1, -0.05) is 6.07 Å². The lowest BCUT2D eigenvalue weighted by molar-refractivity contribution is -0.141. The molecule has 2 N–H and O–H groups in total. The highest BCUT2D eigenvalue weighted by atomic mass is 16.4. The summed E-state index contributed by atoms with van der Waals surface area (Å²) in [6.07, 6.45) is 1.26. The Balaban J connectivity index is 1.98. The molecule has 2 heterocycles. The lowest BCUT2D eigenvalue weighted by Gasteiger charge is -2.20. The molecule has 5 heteroatoms. The number of carboxylic acid groups (broad SMARTS) is 1. The Kier molecular flexibility index (Phi) is 3.20. The predicted molar refractivity (Wildman–Crippen MR) is 79.5 cm³/mol. The fourth-order valence-electron chi connectivity index (χ4n) is 3.14. The lowest BCUT2D eigenvalue weighted by Crippen LogP contribution is -2.40. The van der Waals surface area contributed by atoms with Crippen LogP contribution < -0.4 is 0 Å². The number of H-pyrrole nitrogens is 1. The first-order valence-electron chi connectivity index (χ1n) is 7.11. The maximum atomic E-state index is 12.6. The third-order valence-corrected chi connectivity index (χ3v) is 4.12. The number of carbonyl (C=O) groups excluding carboxylic acids is 1. The van der Waals surface area contributed by atoms with Gasteiger partial charge in [-0.25, -0.2) is 4.79 Å². The molecule has 0 saturated carbocycles. The van der Waals surface area contributed by atoms with Crippen LogP contribution in [-0.4, -0.2) is 39.5 Å². The summed E-state index contributed by atoms with van der Waals surface area (Å²) in [4.78, 5) is 28.4. The summed E-state index contributed by atoms with van der Waals surface area (Å²) in [6.45, 7) is 4.52. The number of aromatic nitrogens is 1. The number of benzene rings is 1. The molecule has 3 rings (SSSR count). The van der Waals surface area contributed by atoms with Crippen LogP contribution in [0.2, 0.25) is 0 Å². The van der Waals surface area contributed by atoms with Gasteiger partial charge < -0.3 is 15.0 Å². The van der Waals surface area contributed by atoms with Crippen LogP contribution in [0.5, 0.6) is 0 Å². The molecule has 1 atom stereocenters. The number of likely N-dealkylation sites (tertiary alicyclic amines) is 1. The van der Waals surface area contributed by atoms with Gasteiger partial charge in [0.15, 0.2) is 0 Å². The Bertz CT molecular complexity index is 732. The number of nitrogens with zero attached hydrogens (tertiary/aromatic N) is 1. The third-order valence-electron chi connectivity index (χ3n) is 4.12. The van der Waals surface area contributed by atoms with Gasteiger partial charge >= 0.3 is 5.97 Å². The second-order valence-corrected chi connectivity index (χ2v) is 5.72. The van der Waals surface area contributed by atoms with Gasteiger partial charge in [0.2, 0.25) is 0 Å². The zero-order valence-corrected chi connectivity index (χ0v) is 12.1. The van der Waals surface area contributed by atoms with E-state index in [2.05, 4.69) is 11.1 Å². The van der Waals surface area contributed by atoms with Gasteiger partial charge in [0.1, 0.15) is 11.7 Å². The Hall–Kier alpha value is -2.30. The van der Waals surface area contributed by atoms with E-state index in [1.165, 1.54) is 4.90 Å². The minimum Gasteiger partial charge on any atom is -0.480 e. The number of fused-ring (bicyclic) bond motifs is 1. The minimum absolute atomic E-state index is 0.229. The van der Waals surface area contributed by atoms with Crippen molar-refractivity contribution in [2.24, 2.45) is 0 Å². The number of carbonyl (C=O) groups is 2. The van der Waals surface area contributed by atoms with Crippen molar-refractivity contribution >= 4 is 22.8 Å². The van der Waals surface area contributed by atoms with E-state index >= 15 is 0 Å². The van der Waals surface area contributed by atoms with Gasteiger partial charge in [-0.15, -0.1) is 0 Å². The van der Waals surface area contributed by atoms with Crippen molar-refractivity contribution in [2.45, 2.75) is 32.7 Å². The summed E-state index contributed by atoms with van der Waals surface area (Å²) >= 11 is 0. The standard InChI is InChI=1S/C16H18N2O3/c1-9-6-10(2)11-8-13(17-12(11)7-9)15(19)18-5-3-4-14(18)16(20)21/h6-8,14,17H,3-5H2,1-2H3,(H,20,21)/t14-/m0/s1. The van der Waals surface area contributed by atoms with Crippen molar-refractivity contribution < 1.29 is 14.7 Å². The molecule has 2 aromatic rings. The first-order valence-corrected chi connectivity index (χ1v) is 7.11. The van der Waals surface area contributed by atoms with Gasteiger partial charge in [0.25, 0.3) is 5.91 Å². The van der Waals surface area contributed by atoms with Crippen molar-refractivity contribution in [2.75, 3.05) is 6.54 Å². The highest BCUT2D eigenvalue weighted by Crippen LogP contribution is 2.25. The topological polar surface area (TPSA) is 73.4 Å². The van der Waals surface area contributed by atoms with E-state index in [4.69, 9.17) is 0 Å². The zero-order valence-electron chi connectivity index (χ0n) is 12.1. The first kappa shape index (κ1) is 13.7. The highest BCUT2D eigenvalue weighted by Gasteiger charge is 2.34. The largest absolute Gasteiger partial charge is 0.480 e. The molecular weight excluding hydrogens is 268 g/mol. The Labute approximate surface area is 122 Å². The maximum absolute atomic E-state index is 12.6. The van der Waals surface area contributed by atoms with E-state index in [1.807, 2.05) is 26.0 Å². The van der Waals surface area contributed by atoms with Crippen LogP contribution in [0.3, 0.4) is 0 Å². The van der Waals surface area contributed by atoms with E-state index in [1.54, 1.807) is 0 Å². The number of aromatic amines is 1. The third kappa shape index (κ3) is 2.28. The number of hydrogen-bond acceptors (Lipinski definition) is 2. The number of amides is 1. The Morgan fingerprint density at radius 1 is 1.29 bits per heavy atom. The van der Waals surface area contributed by atoms with Crippen molar-refractivity contribution in [3.63, 3.8) is 0 Å². The molecule has 0 aliphatic carbocycles. The second-order valence-electron chi connectivity index (χ2n) is 5.72. The van der Waals surface area contributed by atoms with Gasteiger partial charge in [0.05, 0.1) is 0 Å². The summed E-state index contributed by atoms with van der Waals surface area (Å²) in [5, 5.41) is 10.2. The molecular formula is C16H18N2O3. The molecule has 0 spiro atoms. The van der Waals surface area contributed by atoms with Crippen LogP contribution in [0.15, 0.2) is 18.2 Å². The average Bonchev–Trinajstić information content (AvgIpc) is 3.03. The van der Waals surface area contributed by atoms with Crippen molar-refractivity contribution in [1.82, 2.24) is 9.88 Å². The fourth-order valence-corrected chi connectivity index (χ4v) is 3.14. The highest BCUT2D eigenvalue weighted by molar-refractivity contribution is 6.00. The van der Waals surface area contributed by atoms with Gasteiger partial charge in [-0.05, 0) is 49.9 Å². The van der Waals surface area contributed by atoms with E-state index in [9.17, 15) is 14.7 Å². The summed E-state index contributed by atoms with van der Waals surface area (Å²) in [5.41, 5.74) is 3.62. The molecule has 21 heavy (non-hydrogen) atoms. The average molecular weight is 286 g/mol. The van der Waals surface area contributed by atoms with E-state index in [0.717, 1.165) is 28.5 Å². The molecule has 0 bridgehead atoms. The number of aryl methyl sites for hydroxylation is 2. The summed E-state index contributed by atoms with van der Waals surface area (Å²) in [5.74, 6) is -1.16. The Morgan fingerprint density at radius 3 is 2.76 bits per heavy atom. The van der Waals surface area contributed by atoms with E-state index < -0.39 is 12.0 Å². The predicted octanol–water partition coefficient (Wildman–Crippen LogP) is 2.47. The quantitative estimate of drug-likeness (QED) is 0.890. The minimum atomic E-state index is -0.927. The van der Waals surface area contributed by atoms with E-state index in [0.29, 0.717) is 18.7 Å². The number of rotatable bonds is 2. The molecule has 1 saturated heterocycles. The molecule has 1 aromatic heterocycles. The molecule has 1 aliphatic rings. The van der Waals surface area contributed by atoms with Crippen LogP contribution in [0.25, 0.3) is 10.9 Å². The molecule has 0 radical (unpaired) electrons. The fraction of sp³-hybridized carbons (Fsp3) is 0.375. The molecule has 1 aromatic carbocycles. The van der Waals surface area contributed by atoms with Gasteiger partial charge in [-0.2, -0.15) is 0 Å². The molecule has 1 aliphatic heterocycles. The van der Waals surface area contributed by atoms with Crippen molar-refractivity contribution in [3.05, 3.63) is 35.0 Å². The lowest BCUT2D eigenvalue weighted by atomic mass is 10.1. The van der Waals surface area contributed by atoms with E-state index in [-0.39, 0.29) is 5.91 Å². The van der Waals surface area contributed by atoms with Crippen LogP contribution in [0.4, 0.5) is 0 Å². The zero-order chi connectivity index (χ0) is 15.1. The number of hydrogen-bond donors (Lipinski definition) is 2. The summed E-state index contributed by atoms with van der Waals surface area (Å²) < 4.78 is 0. The molecule has 1 amide bonds. The normalized spacial score (nSPS) is 18.4. The van der Waals surface area contributed by atoms with Crippen molar-refractivity contribution in [3.8, 4) is 0 Å². The molecule has 110 valence electrons. The van der Waals surface area contributed by atoms with Gasteiger partial charge in [0, 0.05) is 17.4 Å². The smallest absolute Gasteiger partial charge is 0.326 e.